The average molecular weight is 372 g/mol. The molecule has 1 aromatic carbocycles. The first kappa shape index (κ1) is 20.2. The molecule has 0 spiro atoms. The SMILES string of the molecule is Cc1c(C(=O)Nc2ccc(CC(=O)NCC(=O)O)cc2)cnn1CC(C)C. The van der Waals surface area contributed by atoms with Crippen molar-refractivity contribution in [3.05, 3.63) is 47.3 Å². The molecule has 8 heteroatoms. The molecular weight excluding hydrogens is 348 g/mol. The van der Waals surface area contributed by atoms with Crippen LogP contribution in [-0.2, 0) is 22.6 Å². The normalized spacial score (nSPS) is 10.7. The first-order chi connectivity index (χ1) is 12.8. The van der Waals surface area contributed by atoms with Crippen molar-refractivity contribution in [3.8, 4) is 0 Å². The summed E-state index contributed by atoms with van der Waals surface area (Å²) in [5, 5.41) is 17.9. The minimum atomic E-state index is -1.09. The second-order valence-electron chi connectivity index (χ2n) is 6.72. The lowest BCUT2D eigenvalue weighted by Gasteiger charge is -2.09. The van der Waals surface area contributed by atoms with Gasteiger partial charge in [0.2, 0.25) is 5.91 Å². The maximum absolute atomic E-state index is 12.5. The summed E-state index contributed by atoms with van der Waals surface area (Å²) in [6.07, 6.45) is 1.64. The monoisotopic (exact) mass is 372 g/mol. The topological polar surface area (TPSA) is 113 Å². The Kier molecular flexibility index (Phi) is 6.70. The third kappa shape index (κ3) is 5.95. The number of nitrogens with zero attached hydrogens (tertiary/aromatic N) is 2. The molecule has 0 bridgehead atoms. The van der Waals surface area contributed by atoms with Crippen molar-refractivity contribution in [2.75, 3.05) is 11.9 Å². The summed E-state index contributed by atoms with van der Waals surface area (Å²) in [7, 11) is 0. The molecule has 0 aliphatic heterocycles. The van der Waals surface area contributed by atoms with Gasteiger partial charge in [-0.25, -0.2) is 0 Å². The smallest absolute Gasteiger partial charge is 0.322 e. The van der Waals surface area contributed by atoms with Crippen molar-refractivity contribution in [1.82, 2.24) is 15.1 Å². The summed E-state index contributed by atoms with van der Waals surface area (Å²) < 4.78 is 1.82. The fourth-order valence-corrected chi connectivity index (χ4v) is 2.53. The number of hydrogen-bond acceptors (Lipinski definition) is 4. The van der Waals surface area contributed by atoms with Gasteiger partial charge in [0.1, 0.15) is 6.54 Å². The molecule has 0 unspecified atom stereocenters. The van der Waals surface area contributed by atoms with E-state index < -0.39 is 12.5 Å². The van der Waals surface area contributed by atoms with E-state index in [0.29, 0.717) is 17.2 Å². The maximum Gasteiger partial charge on any atom is 0.322 e. The Morgan fingerprint density at radius 2 is 1.85 bits per heavy atom. The number of amides is 2. The molecule has 8 nitrogen and oxygen atoms in total. The first-order valence-electron chi connectivity index (χ1n) is 8.67. The summed E-state index contributed by atoms with van der Waals surface area (Å²) in [6.45, 7) is 6.38. The van der Waals surface area contributed by atoms with E-state index in [2.05, 4.69) is 29.6 Å². The number of hydrogen-bond donors (Lipinski definition) is 3. The molecule has 0 saturated carbocycles. The van der Waals surface area contributed by atoms with Gasteiger partial charge < -0.3 is 15.7 Å². The van der Waals surface area contributed by atoms with E-state index in [1.165, 1.54) is 0 Å². The molecule has 0 fully saturated rings. The third-order valence-corrected chi connectivity index (χ3v) is 3.90. The molecule has 2 aromatic rings. The van der Waals surface area contributed by atoms with Crippen molar-refractivity contribution >= 4 is 23.5 Å². The number of anilines is 1. The number of carbonyl (C=O) groups is 3. The predicted octanol–water partition coefficient (Wildman–Crippen LogP) is 1.84. The van der Waals surface area contributed by atoms with Crippen molar-refractivity contribution in [3.63, 3.8) is 0 Å². The third-order valence-electron chi connectivity index (χ3n) is 3.90. The van der Waals surface area contributed by atoms with Gasteiger partial charge in [0, 0.05) is 17.9 Å². The van der Waals surface area contributed by atoms with E-state index in [9.17, 15) is 14.4 Å². The molecule has 0 radical (unpaired) electrons. The lowest BCUT2D eigenvalue weighted by atomic mass is 10.1. The Morgan fingerprint density at radius 1 is 1.19 bits per heavy atom. The number of aromatic nitrogens is 2. The number of rotatable bonds is 8. The van der Waals surface area contributed by atoms with Gasteiger partial charge in [-0.05, 0) is 30.5 Å². The summed E-state index contributed by atoms with van der Waals surface area (Å²) in [6, 6.07) is 6.83. The molecule has 0 aliphatic rings. The Morgan fingerprint density at radius 3 is 2.44 bits per heavy atom. The van der Waals surface area contributed by atoms with Gasteiger partial charge in [0.25, 0.3) is 5.91 Å². The van der Waals surface area contributed by atoms with Crippen LogP contribution < -0.4 is 10.6 Å². The number of benzene rings is 1. The van der Waals surface area contributed by atoms with Gasteiger partial charge in [-0.2, -0.15) is 5.10 Å². The van der Waals surface area contributed by atoms with Crippen LogP contribution in [0.4, 0.5) is 5.69 Å². The van der Waals surface area contributed by atoms with Gasteiger partial charge in [0.05, 0.1) is 18.2 Å². The molecule has 144 valence electrons. The molecule has 3 N–H and O–H groups in total. The Bertz CT molecular complexity index is 825. The summed E-state index contributed by atoms with van der Waals surface area (Å²) in [5.74, 6) is -1.27. The standard InChI is InChI=1S/C19H24N4O4/c1-12(2)11-23-13(3)16(9-21-23)19(27)22-15-6-4-14(5-7-15)8-17(24)20-10-18(25)26/h4-7,9,12H,8,10-11H2,1-3H3,(H,20,24)(H,22,27)(H,25,26). The highest BCUT2D eigenvalue weighted by molar-refractivity contribution is 6.04. The first-order valence-corrected chi connectivity index (χ1v) is 8.67. The van der Waals surface area contributed by atoms with E-state index >= 15 is 0 Å². The number of nitrogens with one attached hydrogen (secondary N) is 2. The fraction of sp³-hybridized carbons (Fsp3) is 0.368. The van der Waals surface area contributed by atoms with Crippen LogP contribution in [0.5, 0.6) is 0 Å². The Hall–Kier alpha value is -3.16. The number of carboxylic acids is 1. The minimum Gasteiger partial charge on any atom is -0.480 e. The Balaban J connectivity index is 1.96. The molecule has 0 saturated heterocycles. The predicted molar refractivity (Wildman–Crippen MR) is 101 cm³/mol. The van der Waals surface area contributed by atoms with Crippen LogP contribution in [0, 0.1) is 12.8 Å². The van der Waals surface area contributed by atoms with Gasteiger partial charge in [0.15, 0.2) is 0 Å². The van der Waals surface area contributed by atoms with Gasteiger partial charge >= 0.3 is 5.97 Å². The van der Waals surface area contributed by atoms with Crippen molar-refractivity contribution in [2.45, 2.75) is 33.7 Å². The lowest BCUT2D eigenvalue weighted by Crippen LogP contribution is -2.30. The second kappa shape index (κ2) is 8.98. The highest BCUT2D eigenvalue weighted by atomic mass is 16.4. The molecule has 1 aromatic heterocycles. The van der Waals surface area contributed by atoms with Crippen LogP contribution in [0.2, 0.25) is 0 Å². The van der Waals surface area contributed by atoms with E-state index in [-0.39, 0.29) is 18.2 Å². The summed E-state index contributed by atoms with van der Waals surface area (Å²) >= 11 is 0. The molecule has 0 atom stereocenters. The van der Waals surface area contributed by atoms with Crippen LogP contribution in [0.1, 0.15) is 35.5 Å². The summed E-state index contributed by atoms with van der Waals surface area (Å²) in [5.41, 5.74) is 2.66. The zero-order chi connectivity index (χ0) is 20.0. The molecule has 1 heterocycles. The van der Waals surface area contributed by atoms with Gasteiger partial charge in [-0.15, -0.1) is 0 Å². The van der Waals surface area contributed by atoms with Crippen LogP contribution in [-0.4, -0.2) is 39.2 Å². The summed E-state index contributed by atoms with van der Waals surface area (Å²) in [4.78, 5) is 34.5. The zero-order valence-electron chi connectivity index (χ0n) is 15.7. The second-order valence-corrected chi connectivity index (χ2v) is 6.72. The van der Waals surface area contributed by atoms with E-state index in [1.807, 2.05) is 11.6 Å². The van der Waals surface area contributed by atoms with E-state index in [0.717, 1.165) is 17.8 Å². The molecule has 0 aliphatic carbocycles. The van der Waals surface area contributed by atoms with E-state index in [4.69, 9.17) is 5.11 Å². The molecule has 2 rings (SSSR count). The lowest BCUT2D eigenvalue weighted by molar-refractivity contribution is -0.137. The quantitative estimate of drug-likeness (QED) is 0.654. The number of carboxylic acid groups (broad SMARTS) is 1. The highest BCUT2D eigenvalue weighted by Gasteiger charge is 2.15. The van der Waals surface area contributed by atoms with Crippen LogP contribution >= 0.6 is 0 Å². The molecule has 2 amide bonds. The molecular formula is C19H24N4O4. The molecule has 27 heavy (non-hydrogen) atoms. The van der Waals surface area contributed by atoms with Gasteiger partial charge in [-0.3, -0.25) is 19.1 Å². The van der Waals surface area contributed by atoms with Gasteiger partial charge in [-0.1, -0.05) is 26.0 Å². The minimum absolute atomic E-state index is 0.0720. The largest absolute Gasteiger partial charge is 0.480 e. The van der Waals surface area contributed by atoms with Crippen LogP contribution in [0.25, 0.3) is 0 Å². The number of carbonyl (C=O) groups excluding carboxylic acids is 2. The van der Waals surface area contributed by atoms with E-state index in [1.54, 1.807) is 30.5 Å². The average Bonchev–Trinajstić information content (AvgIpc) is 2.95. The fourth-order valence-electron chi connectivity index (χ4n) is 2.53. The maximum atomic E-state index is 12.5. The number of aliphatic carboxylic acids is 1. The van der Waals surface area contributed by atoms with Crippen molar-refractivity contribution in [2.24, 2.45) is 5.92 Å². The van der Waals surface area contributed by atoms with Crippen LogP contribution in [0.3, 0.4) is 0 Å². The zero-order valence-corrected chi connectivity index (χ0v) is 15.7. The van der Waals surface area contributed by atoms with Crippen molar-refractivity contribution in [1.29, 1.82) is 0 Å². The van der Waals surface area contributed by atoms with Crippen LogP contribution in [0.15, 0.2) is 30.5 Å². The Labute approximate surface area is 157 Å². The highest BCUT2D eigenvalue weighted by Crippen LogP contribution is 2.15. The van der Waals surface area contributed by atoms with Crippen molar-refractivity contribution < 1.29 is 19.5 Å².